The van der Waals surface area contributed by atoms with E-state index in [-0.39, 0.29) is 10.8 Å². The third-order valence-electron chi connectivity index (χ3n) is 19.8. The monoisotopic (exact) mass is 1210 g/mol. The van der Waals surface area contributed by atoms with E-state index < -0.39 is 0 Å². The Morgan fingerprint density at radius 1 is 0.272 bits per heavy atom. The SMILES string of the molecule is CC(C)(C)c1cccc2c3c(N(c4ccccc4)c4cc5c(cc4-c4ccccc4)sc4ccccc45)ccc4c5cc6c(cc5n(c12)c43)c1ccc(N(c2ccccc2)c2cc3c(cc2-c2ccccc2)sc2ccccc23)c2c3cccc(C(C)(C)C)c3n6c12. The molecule has 4 nitrogen and oxygen atoms in total. The summed E-state index contributed by atoms with van der Waals surface area (Å²) in [6.07, 6.45) is 0. The number of anilines is 6. The predicted octanol–water partition coefficient (Wildman–Crippen LogP) is 25.6. The van der Waals surface area contributed by atoms with E-state index in [4.69, 9.17) is 0 Å². The molecule has 6 aromatic heterocycles. The van der Waals surface area contributed by atoms with Gasteiger partial charge in [-0.1, -0.05) is 224 Å². The van der Waals surface area contributed by atoms with Gasteiger partial charge in [0.2, 0.25) is 0 Å². The molecule has 0 aliphatic heterocycles. The molecule has 0 spiro atoms. The third-order valence-corrected chi connectivity index (χ3v) is 22.0. The second kappa shape index (κ2) is 19.5. The van der Waals surface area contributed by atoms with Crippen LogP contribution in [0.5, 0.6) is 0 Å². The van der Waals surface area contributed by atoms with E-state index in [0.29, 0.717) is 0 Å². The average molecular weight is 1220 g/mol. The zero-order chi connectivity index (χ0) is 61.5. The lowest BCUT2D eigenvalue weighted by Gasteiger charge is -2.29. The van der Waals surface area contributed by atoms with Crippen molar-refractivity contribution in [3.8, 4) is 22.3 Å². The highest BCUT2D eigenvalue weighted by Gasteiger charge is 2.33. The highest BCUT2D eigenvalue weighted by molar-refractivity contribution is 7.26. The number of aromatic nitrogens is 2. The molecule has 0 radical (unpaired) electrons. The first kappa shape index (κ1) is 53.3. The molecule has 0 aliphatic carbocycles. The van der Waals surface area contributed by atoms with Gasteiger partial charge in [0.25, 0.3) is 0 Å². The molecule has 438 valence electrons. The van der Waals surface area contributed by atoms with Crippen molar-refractivity contribution in [3.05, 3.63) is 278 Å². The molecule has 0 atom stereocenters. The van der Waals surface area contributed by atoms with Crippen molar-refractivity contribution in [2.75, 3.05) is 9.80 Å². The topological polar surface area (TPSA) is 15.3 Å². The molecule has 13 aromatic carbocycles. The number of hydrogen-bond donors (Lipinski definition) is 0. The largest absolute Gasteiger partial charge is 0.309 e. The highest BCUT2D eigenvalue weighted by atomic mass is 32.1. The Kier molecular flexibility index (Phi) is 11.3. The zero-order valence-corrected chi connectivity index (χ0v) is 53.6. The fraction of sp³-hybridized carbons (Fsp3) is 0.0930. The van der Waals surface area contributed by atoms with Crippen molar-refractivity contribution in [1.29, 1.82) is 0 Å². The number of nitrogens with zero attached hydrogens (tertiary/aromatic N) is 4. The van der Waals surface area contributed by atoms with Gasteiger partial charge in [-0.2, -0.15) is 0 Å². The van der Waals surface area contributed by atoms with Crippen LogP contribution in [-0.2, 0) is 10.8 Å². The summed E-state index contributed by atoms with van der Waals surface area (Å²) in [4.78, 5) is 5.13. The van der Waals surface area contributed by atoms with Gasteiger partial charge in [-0.3, -0.25) is 0 Å². The Morgan fingerprint density at radius 3 is 1.04 bits per heavy atom. The number of benzene rings is 13. The first-order valence-electron chi connectivity index (χ1n) is 32.1. The molecule has 19 rings (SSSR count). The van der Waals surface area contributed by atoms with Crippen LogP contribution < -0.4 is 9.80 Å². The minimum absolute atomic E-state index is 0.174. The van der Waals surface area contributed by atoms with Gasteiger partial charge in [0, 0.05) is 106 Å². The van der Waals surface area contributed by atoms with Crippen molar-refractivity contribution < 1.29 is 0 Å². The van der Waals surface area contributed by atoms with Crippen LogP contribution in [0, 0.1) is 0 Å². The predicted molar refractivity (Wildman–Crippen MR) is 399 cm³/mol. The number of hydrogen-bond acceptors (Lipinski definition) is 4. The highest BCUT2D eigenvalue weighted by Crippen LogP contribution is 2.56. The van der Waals surface area contributed by atoms with Crippen molar-refractivity contribution >= 4 is 173 Å². The Bertz CT molecular complexity index is 5810. The Labute approximate surface area is 541 Å². The molecular weight excluding hydrogens is 1150 g/mol. The van der Waals surface area contributed by atoms with E-state index in [2.05, 4.69) is 327 Å². The number of thiophene rings is 2. The fourth-order valence-electron chi connectivity index (χ4n) is 15.8. The molecule has 6 heteroatoms. The van der Waals surface area contributed by atoms with E-state index in [0.717, 1.165) is 34.1 Å². The van der Waals surface area contributed by atoms with Gasteiger partial charge in [0.1, 0.15) is 0 Å². The van der Waals surface area contributed by atoms with Crippen molar-refractivity contribution in [2.45, 2.75) is 52.4 Å². The standard InChI is InChI=1S/C86H62N4S2/c1-85(2,3)67-37-23-35-59-79-69(87(53-29-15-9-16-30-53)71-47-65-55-33-19-21-39-75(55)91-77(65)49-61(71)51-25-11-7-12-26-51)43-41-57-63-46-74-64(45-73(63)89(81(59)67)83(57)79)58-42-44-70(80-60-36-24-38-68(86(4,5)6)82(60)90(74)84(58)80)88(54-31-17-10-18-32-54)72-48-66-56-34-20-22-40-76(56)92-78(66)50-62(72)52-27-13-8-14-28-52/h7-50H,1-6H3. The van der Waals surface area contributed by atoms with Crippen LogP contribution in [-0.4, -0.2) is 8.80 Å². The van der Waals surface area contributed by atoms with Gasteiger partial charge in [-0.25, -0.2) is 0 Å². The fourth-order valence-corrected chi connectivity index (χ4v) is 18.0. The Morgan fingerprint density at radius 2 is 0.641 bits per heavy atom. The van der Waals surface area contributed by atoms with Gasteiger partial charge in [0.15, 0.2) is 0 Å². The molecule has 0 saturated carbocycles. The molecule has 0 aliphatic rings. The zero-order valence-electron chi connectivity index (χ0n) is 52.0. The van der Waals surface area contributed by atoms with Crippen molar-refractivity contribution in [2.24, 2.45) is 0 Å². The normalized spacial score (nSPS) is 12.7. The smallest absolute Gasteiger partial charge is 0.0641 e. The lowest BCUT2D eigenvalue weighted by atomic mass is 9.85. The molecule has 19 aromatic rings. The first-order valence-corrected chi connectivity index (χ1v) is 33.7. The molecule has 92 heavy (non-hydrogen) atoms. The molecule has 6 heterocycles. The van der Waals surface area contributed by atoms with E-state index in [1.54, 1.807) is 0 Å². The van der Waals surface area contributed by atoms with Crippen molar-refractivity contribution in [1.82, 2.24) is 8.80 Å². The van der Waals surface area contributed by atoms with Gasteiger partial charge >= 0.3 is 0 Å². The number of rotatable bonds is 8. The minimum atomic E-state index is -0.174. The van der Waals surface area contributed by atoms with Crippen LogP contribution in [0.25, 0.3) is 139 Å². The summed E-state index contributed by atoms with van der Waals surface area (Å²) in [7, 11) is 0. The maximum absolute atomic E-state index is 2.67. The van der Waals surface area contributed by atoms with Crippen LogP contribution in [0.15, 0.2) is 267 Å². The summed E-state index contributed by atoms with van der Waals surface area (Å²) in [6, 6.07) is 101. The van der Waals surface area contributed by atoms with Gasteiger partial charge in [-0.05, 0) is 118 Å². The van der Waals surface area contributed by atoms with Crippen LogP contribution in [0.3, 0.4) is 0 Å². The third kappa shape index (κ3) is 7.62. The van der Waals surface area contributed by atoms with Crippen LogP contribution in [0.2, 0.25) is 0 Å². The average Bonchev–Trinajstić information content (AvgIpc) is 1.51. The van der Waals surface area contributed by atoms with Crippen LogP contribution in [0.1, 0.15) is 52.7 Å². The second-order valence-corrected chi connectivity index (χ2v) is 29.3. The van der Waals surface area contributed by atoms with E-state index in [1.807, 2.05) is 22.7 Å². The van der Waals surface area contributed by atoms with Crippen LogP contribution in [0.4, 0.5) is 34.1 Å². The lowest BCUT2D eigenvalue weighted by Crippen LogP contribution is -2.12. The second-order valence-electron chi connectivity index (χ2n) is 27.2. The maximum atomic E-state index is 2.67. The van der Waals surface area contributed by atoms with E-state index in [1.165, 1.54) is 150 Å². The number of para-hydroxylation sites is 4. The summed E-state index contributed by atoms with van der Waals surface area (Å²) in [6.45, 7) is 14.3. The molecular formula is C86H62N4S2. The summed E-state index contributed by atoms with van der Waals surface area (Å²) in [5.41, 5.74) is 21.3. The molecule has 0 N–H and O–H groups in total. The maximum Gasteiger partial charge on any atom is 0.0641 e. The Hall–Kier alpha value is -10.5. The molecule has 0 amide bonds. The minimum Gasteiger partial charge on any atom is -0.309 e. The van der Waals surface area contributed by atoms with Crippen molar-refractivity contribution in [3.63, 3.8) is 0 Å². The number of fused-ring (bicyclic) bond motifs is 18. The summed E-state index contributed by atoms with van der Waals surface area (Å²) in [5, 5.41) is 15.1. The quantitative estimate of drug-likeness (QED) is 0.151. The van der Waals surface area contributed by atoms with Crippen LogP contribution >= 0.6 is 22.7 Å². The van der Waals surface area contributed by atoms with Gasteiger partial charge in [-0.15, -0.1) is 22.7 Å². The van der Waals surface area contributed by atoms with Gasteiger partial charge in [0.05, 0.1) is 55.8 Å². The molecule has 0 saturated heterocycles. The summed E-state index contributed by atoms with van der Waals surface area (Å²) >= 11 is 3.76. The Balaban J connectivity index is 0.931. The van der Waals surface area contributed by atoms with E-state index >= 15 is 0 Å². The lowest BCUT2D eigenvalue weighted by molar-refractivity contribution is 0.594. The van der Waals surface area contributed by atoms with Gasteiger partial charge < -0.3 is 18.6 Å². The summed E-state index contributed by atoms with van der Waals surface area (Å²) < 4.78 is 10.5. The molecule has 0 fully saturated rings. The first-order chi connectivity index (χ1) is 44.9. The van der Waals surface area contributed by atoms with E-state index in [9.17, 15) is 0 Å². The summed E-state index contributed by atoms with van der Waals surface area (Å²) in [5.74, 6) is 0. The molecule has 0 bridgehead atoms. The molecule has 0 unspecified atom stereocenters.